The summed E-state index contributed by atoms with van der Waals surface area (Å²) in [7, 11) is 0. The van der Waals surface area contributed by atoms with Crippen molar-refractivity contribution in [3.63, 3.8) is 0 Å². The van der Waals surface area contributed by atoms with E-state index in [-0.39, 0.29) is 5.92 Å². The summed E-state index contributed by atoms with van der Waals surface area (Å²) >= 11 is 0. The normalized spacial score (nSPS) is 24.4. The molecule has 144 valence electrons. The smallest absolute Gasteiger partial charge is 0.133 e. The third kappa shape index (κ3) is 4.35. The Labute approximate surface area is 162 Å². The van der Waals surface area contributed by atoms with Gasteiger partial charge in [-0.1, -0.05) is 25.1 Å². The number of benzene rings is 2. The molecule has 1 saturated carbocycles. The highest BCUT2D eigenvalue weighted by molar-refractivity contribution is 5.84. The van der Waals surface area contributed by atoms with Crippen molar-refractivity contribution in [1.29, 1.82) is 0 Å². The van der Waals surface area contributed by atoms with E-state index in [2.05, 4.69) is 48.2 Å². The Hall–Kier alpha value is -1.87. The zero-order valence-corrected chi connectivity index (χ0v) is 16.6. The number of rotatable bonds is 5. The maximum atomic E-state index is 11.5. The van der Waals surface area contributed by atoms with Gasteiger partial charge >= 0.3 is 0 Å². The molecule has 0 amide bonds. The molecule has 3 nitrogen and oxygen atoms in total. The molecular formula is C24H31NO2. The van der Waals surface area contributed by atoms with Gasteiger partial charge in [0.15, 0.2) is 0 Å². The first-order valence-electron chi connectivity index (χ1n) is 10.5. The molecule has 2 aliphatic rings. The van der Waals surface area contributed by atoms with Crippen LogP contribution in [0.5, 0.6) is 5.75 Å². The summed E-state index contributed by atoms with van der Waals surface area (Å²) in [5.74, 6) is 2.29. The van der Waals surface area contributed by atoms with E-state index >= 15 is 0 Å². The molecule has 1 saturated heterocycles. The summed E-state index contributed by atoms with van der Waals surface area (Å²) in [6.07, 6.45) is 6.13. The summed E-state index contributed by atoms with van der Waals surface area (Å²) in [5.41, 5.74) is 1.35. The number of fused-ring (bicyclic) bond motifs is 1. The van der Waals surface area contributed by atoms with Crippen LogP contribution in [0.4, 0.5) is 0 Å². The van der Waals surface area contributed by atoms with Crippen LogP contribution in [-0.4, -0.2) is 29.9 Å². The lowest BCUT2D eigenvalue weighted by molar-refractivity contribution is -0.122. The second-order valence-corrected chi connectivity index (χ2v) is 8.57. The van der Waals surface area contributed by atoms with Crippen molar-refractivity contribution in [3.05, 3.63) is 42.0 Å². The monoisotopic (exact) mass is 365 g/mol. The Morgan fingerprint density at radius 1 is 1.04 bits per heavy atom. The highest BCUT2D eigenvalue weighted by Crippen LogP contribution is 2.31. The molecule has 1 aliphatic heterocycles. The van der Waals surface area contributed by atoms with Crippen LogP contribution in [0, 0.1) is 11.8 Å². The van der Waals surface area contributed by atoms with Gasteiger partial charge in [0.1, 0.15) is 17.6 Å². The van der Waals surface area contributed by atoms with Crippen LogP contribution < -0.4 is 4.74 Å². The molecule has 4 rings (SSSR count). The molecule has 2 aromatic carbocycles. The van der Waals surface area contributed by atoms with Gasteiger partial charge in [-0.25, -0.2) is 0 Å². The second kappa shape index (κ2) is 8.02. The van der Waals surface area contributed by atoms with Crippen LogP contribution >= 0.6 is 0 Å². The first kappa shape index (κ1) is 18.5. The van der Waals surface area contributed by atoms with Gasteiger partial charge in [0.25, 0.3) is 0 Å². The lowest BCUT2D eigenvalue weighted by Gasteiger charge is -2.30. The van der Waals surface area contributed by atoms with Crippen LogP contribution in [0.1, 0.15) is 51.5 Å². The number of Topliss-reactive ketones (excluding diaryl/α,β-unsaturated/α-hetero) is 1. The van der Waals surface area contributed by atoms with Crippen LogP contribution in [-0.2, 0) is 11.3 Å². The lowest BCUT2D eigenvalue weighted by atomic mass is 9.93. The van der Waals surface area contributed by atoms with Gasteiger partial charge < -0.3 is 4.74 Å². The zero-order valence-electron chi connectivity index (χ0n) is 16.6. The van der Waals surface area contributed by atoms with Crippen molar-refractivity contribution in [3.8, 4) is 5.75 Å². The minimum atomic E-state index is 0.277. The lowest BCUT2D eigenvalue weighted by Crippen LogP contribution is -2.35. The van der Waals surface area contributed by atoms with E-state index in [1.165, 1.54) is 35.6 Å². The number of likely N-dealkylation sites (tertiary alicyclic amines) is 1. The molecule has 1 aliphatic carbocycles. The van der Waals surface area contributed by atoms with E-state index < -0.39 is 0 Å². The molecule has 2 fully saturated rings. The van der Waals surface area contributed by atoms with Gasteiger partial charge in [-0.3, -0.25) is 9.69 Å². The first-order chi connectivity index (χ1) is 13.1. The fourth-order valence-corrected chi connectivity index (χ4v) is 4.66. The van der Waals surface area contributed by atoms with Crippen LogP contribution in [0.25, 0.3) is 10.8 Å². The third-order valence-electron chi connectivity index (χ3n) is 6.52. The van der Waals surface area contributed by atoms with Crippen LogP contribution in [0.15, 0.2) is 36.4 Å². The number of hydrogen-bond donors (Lipinski definition) is 0. The van der Waals surface area contributed by atoms with Crippen molar-refractivity contribution in [1.82, 2.24) is 4.90 Å². The number of carbonyl (C=O) groups excluding carboxylic acids is 1. The van der Waals surface area contributed by atoms with Crippen LogP contribution in [0.2, 0.25) is 0 Å². The predicted molar refractivity (Wildman–Crippen MR) is 110 cm³/mol. The average molecular weight is 366 g/mol. The Morgan fingerprint density at radius 2 is 1.78 bits per heavy atom. The Balaban J connectivity index is 1.40. The summed E-state index contributed by atoms with van der Waals surface area (Å²) in [5, 5.41) is 2.52. The molecule has 2 aromatic rings. The fourth-order valence-electron chi connectivity index (χ4n) is 4.66. The number of ether oxygens (including phenoxy) is 1. The van der Waals surface area contributed by atoms with E-state index in [0.29, 0.717) is 17.8 Å². The third-order valence-corrected chi connectivity index (χ3v) is 6.52. The second-order valence-electron chi connectivity index (χ2n) is 8.57. The van der Waals surface area contributed by atoms with Gasteiger partial charge in [0, 0.05) is 12.5 Å². The SMILES string of the molecule is CC(=O)C1CCN(Cc2ccc3cc(OC4CCCC4C)ccc3c2)CC1. The molecule has 0 bridgehead atoms. The largest absolute Gasteiger partial charge is 0.490 e. The molecule has 0 radical (unpaired) electrons. The summed E-state index contributed by atoms with van der Waals surface area (Å²) in [4.78, 5) is 14.0. The first-order valence-corrected chi connectivity index (χ1v) is 10.5. The van der Waals surface area contributed by atoms with Gasteiger partial charge in [0.2, 0.25) is 0 Å². The summed E-state index contributed by atoms with van der Waals surface area (Å²) < 4.78 is 6.24. The van der Waals surface area contributed by atoms with Crippen molar-refractivity contribution in [2.75, 3.05) is 13.1 Å². The van der Waals surface area contributed by atoms with E-state index in [9.17, 15) is 4.79 Å². The minimum Gasteiger partial charge on any atom is -0.490 e. The number of carbonyl (C=O) groups is 1. The van der Waals surface area contributed by atoms with Crippen molar-refractivity contribution >= 4 is 16.6 Å². The molecular weight excluding hydrogens is 334 g/mol. The van der Waals surface area contributed by atoms with Crippen LogP contribution in [0.3, 0.4) is 0 Å². The van der Waals surface area contributed by atoms with Gasteiger partial charge in [-0.15, -0.1) is 0 Å². The Kier molecular flexibility index (Phi) is 5.49. The van der Waals surface area contributed by atoms with E-state index in [0.717, 1.165) is 38.2 Å². The fraction of sp³-hybridized carbons (Fsp3) is 0.542. The van der Waals surface area contributed by atoms with Crippen molar-refractivity contribution in [2.24, 2.45) is 11.8 Å². The molecule has 1 heterocycles. The zero-order chi connectivity index (χ0) is 18.8. The number of piperidine rings is 1. The molecule has 2 unspecified atom stereocenters. The number of nitrogens with zero attached hydrogens (tertiary/aromatic N) is 1. The minimum absolute atomic E-state index is 0.277. The molecule has 0 aromatic heterocycles. The van der Waals surface area contributed by atoms with E-state index in [4.69, 9.17) is 4.74 Å². The molecule has 27 heavy (non-hydrogen) atoms. The molecule has 3 heteroatoms. The summed E-state index contributed by atoms with van der Waals surface area (Å²) in [6.45, 7) is 7.04. The Bertz CT molecular complexity index is 807. The maximum Gasteiger partial charge on any atom is 0.133 e. The standard InChI is InChI=1S/C24H31NO2/c1-17-4-3-5-24(17)27-23-9-8-21-14-19(6-7-22(21)15-23)16-25-12-10-20(11-13-25)18(2)26/h6-9,14-15,17,20,24H,3-5,10-13,16H2,1-2H3. The highest BCUT2D eigenvalue weighted by atomic mass is 16.5. The van der Waals surface area contributed by atoms with Gasteiger partial charge in [-0.05, 0) is 92.6 Å². The molecule has 2 atom stereocenters. The maximum absolute atomic E-state index is 11.5. The van der Waals surface area contributed by atoms with E-state index in [1.807, 2.05) is 0 Å². The number of hydrogen-bond acceptors (Lipinski definition) is 3. The molecule has 0 N–H and O–H groups in total. The average Bonchev–Trinajstić information content (AvgIpc) is 3.07. The summed E-state index contributed by atoms with van der Waals surface area (Å²) in [6, 6.07) is 13.3. The predicted octanol–water partition coefficient (Wildman–Crippen LogP) is 5.21. The highest BCUT2D eigenvalue weighted by Gasteiger charge is 2.25. The molecule has 0 spiro atoms. The topological polar surface area (TPSA) is 29.5 Å². The van der Waals surface area contributed by atoms with E-state index in [1.54, 1.807) is 6.92 Å². The van der Waals surface area contributed by atoms with Gasteiger partial charge in [-0.2, -0.15) is 0 Å². The van der Waals surface area contributed by atoms with Crippen molar-refractivity contribution < 1.29 is 9.53 Å². The van der Waals surface area contributed by atoms with Gasteiger partial charge in [0.05, 0.1) is 0 Å². The Morgan fingerprint density at radius 3 is 2.48 bits per heavy atom. The quantitative estimate of drug-likeness (QED) is 0.728. The van der Waals surface area contributed by atoms with Crippen molar-refractivity contribution in [2.45, 2.75) is 58.6 Å². The number of ketones is 1.